The van der Waals surface area contributed by atoms with Gasteiger partial charge in [-0.2, -0.15) is 0 Å². The van der Waals surface area contributed by atoms with E-state index in [1.54, 1.807) is 6.20 Å². The fourth-order valence-electron chi connectivity index (χ4n) is 1.06. The van der Waals surface area contributed by atoms with Gasteiger partial charge in [-0.25, -0.2) is 0 Å². The summed E-state index contributed by atoms with van der Waals surface area (Å²) in [6, 6.07) is 0. The van der Waals surface area contributed by atoms with Crippen LogP contribution in [0.25, 0.3) is 0 Å². The maximum atomic E-state index is 4.13. The molecule has 0 N–H and O–H groups in total. The predicted octanol–water partition coefficient (Wildman–Crippen LogP) is 2.72. The number of hydrogen-bond acceptors (Lipinski definition) is 1. The van der Waals surface area contributed by atoms with Crippen molar-refractivity contribution in [1.82, 2.24) is 0 Å². The van der Waals surface area contributed by atoms with E-state index >= 15 is 0 Å². The third kappa shape index (κ3) is 2.19. The van der Waals surface area contributed by atoms with Crippen LogP contribution in [-0.2, 0) is 0 Å². The van der Waals surface area contributed by atoms with Gasteiger partial charge in [-0.1, -0.05) is 25.2 Å². The van der Waals surface area contributed by atoms with Crippen molar-refractivity contribution in [1.29, 1.82) is 0 Å². The zero-order valence-corrected chi connectivity index (χ0v) is 6.83. The van der Waals surface area contributed by atoms with Crippen molar-refractivity contribution in [2.75, 3.05) is 0 Å². The minimum Gasteiger partial charge on any atom is -0.268 e. The van der Waals surface area contributed by atoms with E-state index in [1.807, 2.05) is 24.4 Å². The van der Waals surface area contributed by atoms with Gasteiger partial charge in [-0.3, -0.25) is 4.99 Å². The van der Waals surface area contributed by atoms with Crippen molar-refractivity contribution in [2.24, 2.45) is 10.4 Å². The summed E-state index contributed by atoms with van der Waals surface area (Å²) in [6.45, 7) is 5.86. The summed E-state index contributed by atoms with van der Waals surface area (Å²) in [5, 5.41) is 0. The minimum atomic E-state index is 0.0608. The molecule has 0 bridgehead atoms. The Morgan fingerprint density at radius 3 is 3.09 bits per heavy atom. The molecule has 58 valence electrons. The molecule has 0 aromatic heterocycles. The first kappa shape index (κ1) is 7.99. The molecule has 0 fully saturated rings. The van der Waals surface area contributed by atoms with Crippen LogP contribution in [0.5, 0.6) is 0 Å². The van der Waals surface area contributed by atoms with E-state index in [2.05, 4.69) is 24.6 Å². The van der Waals surface area contributed by atoms with Gasteiger partial charge in [0.1, 0.15) is 0 Å². The summed E-state index contributed by atoms with van der Waals surface area (Å²) >= 11 is 0. The predicted molar refractivity (Wildman–Crippen MR) is 49.7 cm³/mol. The topological polar surface area (TPSA) is 12.4 Å². The summed E-state index contributed by atoms with van der Waals surface area (Å²) in [6.07, 6.45) is 12.7. The molecule has 1 atom stereocenters. The highest BCUT2D eigenvalue weighted by Gasteiger charge is 2.15. The van der Waals surface area contributed by atoms with Crippen LogP contribution in [-0.4, -0.2) is 6.21 Å². The second kappa shape index (κ2) is 3.33. The third-order valence-corrected chi connectivity index (χ3v) is 1.71. The third-order valence-electron chi connectivity index (χ3n) is 1.71. The van der Waals surface area contributed by atoms with Crippen LogP contribution in [0.4, 0.5) is 0 Å². The Hall–Kier alpha value is -1.11. The maximum absolute atomic E-state index is 4.13. The van der Waals surface area contributed by atoms with Crippen molar-refractivity contribution in [2.45, 2.75) is 13.3 Å². The number of aliphatic imine (C=N–C) groups is 1. The molecule has 1 aliphatic rings. The van der Waals surface area contributed by atoms with Gasteiger partial charge in [0.15, 0.2) is 0 Å². The van der Waals surface area contributed by atoms with Crippen LogP contribution >= 0.6 is 0 Å². The van der Waals surface area contributed by atoms with Crippen LogP contribution in [0.15, 0.2) is 42.1 Å². The maximum Gasteiger partial charge on any atom is 0.0264 e. The number of allylic oxidation sites excluding steroid dienone is 4. The van der Waals surface area contributed by atoms with Crippen molar-refractivity contribution in [3.05, 3.63) is 37.1 Å². The van der Waals surface area contributed by atoms with Crippen LogP contribution in [0.3, 0.4) is 0 Å². The smallest absolute Gasteiger partial charge is 0.0264 e. The Morgan fingerprint density at radius 1 is 1.55 bits per heavy atom. The molecule has 1 heteroatoms. The summed E-state index contributed by atoms with van der Waals surface area (Å²) in [4.78, 5) is 4.13. The van der Waals surface area contributed by atoms with Gasteiger partial charge in [0, 0.05) is 17.8 Å². The standard InChI is InChI=1S/C10H13N/c1-3-6-10(2)7-4-5-8-11-9-10/h3-5,7-9H,1,6H2,2H3. The molecule has 0 aromatic carbocycles. The molecule has 1 aliphatic heterocycles. The van der Waals surface area contributed by atoms with E-state index in [4.69, 9.17) is 0 Å². The molecular weight excluding hydrogens is 134 g/mol. The molecule has 0 aliphatic carbocycles. The lowest BCUT2D eigenvalue weighted by atomic mass is 9.88. The second-order valence-electron chi connectivity index (χ2n) is 2.98. The van der Waals surface area contributed by atoms with Gasteiger partial charge >= 0.3 is 0 Å². The summed E-state index contributed by atoms with van der Waals surface area (Å²) < 4.78 is 0. The van der Waals surface area contributed by atoms with Gasteiger partial charge < -0.3 is 0 Å². The molecule has 0 radical (unpaired) electrons. The van der Waals surface area contributed by atoms with Crippen molar-refractivity contribution in [3.8, 4) is 0 Å². The van der Waals surface area contributed by atoms with E-state index in [0.717, 1.165) is 6.42 Å². The molecule has 1 unspecified atom stereocenters. The molecular formula is C10H13N. The highest BCUT2D eigenvalue weighted by atomic mass is 14.7. The number of rotatable bonds is 2. The Balaban J connectivity index is 2.77. The van der Waals surface area contributed by atoms with E-state index in [-0.39, 0.29) is 5.41 Å². The lowest BCUT2D eigenvalue weighted by Crippen LogP contribution is -2.12. The monoisotopic (exact) mass is 147 g/mol. The zero-order valence-electron chi connectivity index (χ0n) is 6.83. The van der Waals surface area contributed by atoms with Crippen LogP contribution < -0.4 is 0 Å². The molecule has 1 rings (SSSR count). The van der Waals surface area contributed by atoms with E-state index in [1.165, 1.54) is 0 Å². The highest BCUT2D eigenvalue weighted by Crippen LogP contribution is 2.22. The first-order valence-corrected chi connectivity index (χ1v) is 3.76. The summed E-state index contributed by atoms with van der Waals surface area (Å²) in [5.74, 6) is 0. The molecule has 0 saturated carbocycles. The Kier molecular flexibility index (Phi) is 2.42. The lowest BCUT2D eigenvalue weighted by Gasteiger charge is -2.16. The van der Waals surface area contributed by atoms with Gasteiger partial charge in [-0.15, -0.1) is 6.58 Å². The highest BCUT2D eigenvalue weighted by molar-refractivity contribution is 5.69. The normalized spacial score (nSPS) is 28.5. The van der Waals surface area contributed by atoms with Crippen molar-refractivity contribution >= 4 is 6.21 Å². The van der Waals surface area contributed by atoms with Crippen molar-refractivity contribution in [3.63, 3.8) is 0 Å². The average Bonchev–Trinajstić information content (AvgIpc) is 2.15. The van der Waals surface area contributed by atoms with Gasteiger partial charge in [-0.05, 0) is 12.5 Å². The largest absolute Gasteiger partial charge is 0.268 e. The first-order valence-electron chi connectivity index (χ1n) is 3.76. The zero-order chi connectivity index (χ0) is 8.16. The van der Waals surface area contributed by atoms with E-state index in [9.17, 15) is 0 Å². The van der Waals surface area contributed by atoms with E-state index in [0.29, 0.717) is 0 Å². The molecule has 0 amide bonds. The van der Waals surface area contributed by atoms with Gasteiger partial charge in [0.2, 0.25) is 0 Å². The molecule has 0 saturated heterocycles. The lowest BCUT2D eigenvalue weighted by molar-refractivity contribution is 0.624. The molecule has 1 nitrogen and oxygen atoms in total. The van der Waals surface area contributed by atoms with Crippen molar-refractivity contribution < 1.29 is 0 Å². The quantitative estimate of drug-likeness (QED) is 0.532. The van der Waals surface area contributed by atoms with Crippen LogP contribution in [0, 0.1) is 5.41 Å². The van der Waals surface area contributed by atoms with Crippen LogP contribution in [0.2, 0.25) is 0 Å². The van der Waals surface area contributed by atoms with E-state index < -0.39 is 0 Å². The SMILES string of the molecule is C=CCC1(C)C=CC=CN=C1. The number of nitrogens with zero attached hydrogens (tertiary/aromatic N) is 1. The summed E-state index contributed by atoms with van der Waals surface area (Å²) in [7, 11) is 0. The molecule has 1 heterocycles. The molecule has 0 aromatic rings. The Morgan fingerprint density at radius 2 is 2.36 bits per heavy atom. The number of hydrogen-bond donors (Lipinski definition) is 0. The average molecular weight is 147 g/mol. The fourth-order valence-corrected chi connectivity index (χ4v) is 1.06. The second-order valence-corrected chi connectivity index (χ2v) is 2.98. The Labute approximate surface area is 67.8 Å². The van der Waals surface area contributed by atoms with Crippen LogP contribution in [0.1, 0.15) is 13.3 Å². The molecule has 0 spiro atoms. The summed E-state index contributed by atoms with van der Waals surface area (Å²) in [5.41, 5.74) is 0.0608. The van der Waals surface area contributed by atoms with Gasteiger partial charge in [0.25, 0.3) is 0 Å². The first-order chi connectivity index (χ1) is 5.27. The van der Waals surface area contributed by atoms with Gasteiger partial charge in [0.05, 0.1) is 0 Å². The minimum absolute atomic E-state index is 0.0608. The molecule has 11 heavy (non-hydrogen) atoms. The fraction of sp³-hybridized carbons (Fsp3) is 0.300. The Bertz CT molecular complexity index is 205.